The van der Waals surface area contributed by atoms with Gasteiger partial charge in [0.05, 0.1) is 0 Å². The molecule has 0 bridgehead atoms. The molecule has 0 radical (unpaired) electrons. The van der Waals surface area contributed by atoms with Crippen LogP contribution in [-0.4, -0.2) is 23.9 Å². The van der Waals surface area contributed by atoms with Crippen LogP contribution < -0.4 is 0 Å². The fourth-order valence-electron chi connectivity index (χ4n) is 2.72. The normalized spacial score (nSPS) is 18.2. The summed E-state index contributed by atoms with van der Waals surface area (Å²) < 4.78 is 0. The molecule has 102 valence electrons. The second-order valence-electron chi connectivity index (χ2n) is 5.15. The first-order valence-corrected chi connectivity index (χ1v) is 7.21. The molecule has 0 N–H and O–H groups in total. The number of likely N-dealkylation sites (tertiary alicyclic amines) is 1. The average Bonchev–Trinajstić information content (AvgIpc) is 2.98. The second-order valence-corrected chi connectivity index (χ2v) is 5.59. The Bertz CT molecular complexity index is 594. The van der Waals surface area contributed by atoms with Crippen molar-refractivity contribution in [1.29, 1.82) is 0 Å². The van der Waals surface area contributed by atoms with E-state index < -0.39 is 0 Å². The highest BCUT2D eigenvalue weighted by Gasteiger charge is 2.27. The summed E-state index contributed by atoms with van der Waals surface area (Å²) >= 11 is 5.85. The summed E-state index contributed by atoms with van der Waals surface area (Å²) in [6.07, 6.45) is 1.03. The molecule has 1 aliphatic rings. The quantitative estimate of drug-likeness (QED) is 0.817. The molecule has 1 heterocycles. The largest absolute Gasteiger partial charge is 0.338 e. The summed E-state index contributed by atoms with van der Waals surface area (Å²) in [7, 11) is 0. The van der Waals surface area contributed by atoms with Gasteiger partial charge in [-0.25, -0.2) is 0 Å². The number of nitrogens with zero attached hydrogens (tertiary/aromatic N) is 1. The van der Waals surface area contributed by atoms with Crippen molar-refractivity contribution in [2.45, 2.75) is 12.3 Å². The third-order valence-electron chi connectivity index (χ3n) is 3.84. The number of halogens is 1. The molecular weight excluding hydrogens is 270 g/mol. The molecule has 0 saturated carbocycles. The third kappa shape index (κ3) is 2.70. The Balaban J connectivity index is 1.71. The van der Waals surface area contributed by atoms with E-state index in [-0.39, 0.29) is 5.91 Å². The van der Waals surface area contributed by atoms with E-state index in [0.29, 0.717) is 16.5 Å². The van der Waals surface area contributed by atoms with Crippen LogP contribution >= 0.6 is 11.6 Å². The maximum absolute atomic E-state index is 12.4. The number of rotatable bonds is 2. The lowest BCUT2D eigenvalue weighted by molar-refractivity contribution is 0.0791. The summed E-state index contributed by atoms with van der Waals surface area (Å²) in [6.45, 7) is 1.62. The lowest BCUT2D eigenvalue weighted by Crippen LogP contribution is -2.28. The molecular formula is C17H16ClNO. The van der Waals surface area contributed by atoms with E-state index in [2.05, 4.69) is 24.3 Å². The molecule has 0 aliphatic carbocycles. The van der Waals surface area contributed by atoms with Crippen LogP contribution in [0.1, 0.15) is 28.3 Å². The third-order valence-corrected chi connectivity index (χ3v) is 4.09. The van der Waals surface area contributed by atoms with Gasteiger partial charge in [0, 0.05) is 29.6 Å². The molecule has 0 aromatic heterocycles. The number of carbonyl (C=O) groups is 1. The molecule has 1 atom stereocenters. The molecule has 1 aliphatic heterocycles. The van der Waals surface area contributed by atoms with Crippen molar-refractivity contribution >= 4 is 17.5 Å². The van der Waals surface area contributed by atoms with E-state index in [1.807, 2.05) is 11.0 Å². The van der Waals surface area contributed by atoms with Gasteiger partial charge in [-0.15, -0.1) is 0 Å². The molecule has 1 amide bonds. The average molecular weight is 286 g/mol. The highest BCUT2D eigenvalue weighted by molar-refractivity contribution is 6.30. The van der Waals surface area contributed by atoms with Gasteiger partial charge in [0.2, 0.25) is 0 Å². The molecule has 2 nitrogen and oxygen atoms in total. The molecule has 1 fully saturated rings. The molecule has 0 unspecified atom stereocenters. The van der Waals surface area contributed by atoms with Gasteiger partial charge in [0.15, 0.2) is 0 Å². The minimum Gasteiger partial charge on any atom is -0.338 e. The van der Waals surface area contributed by atoms with Crippen molar-refractivity contribution in [3.63, 3.8) is 0 Å². The SMILES string of the molecule is O=C(c1ccc(Cl)cc1)N1CC[C@@H](c2ccccc2)C1. The van der Waals surface area contributed by atoms with Crippen LogP contribution in [-0.2, 0) is 0 Å². The second kappa shape index (κ2) is 5.68. The Hall–Kier alpha value is -1.80. The molecule has 3 heteroatoms. The number of benzene rings is 2. The van der Waals surface area contributed by atoms with Crippen LogP contribution in [0.4, 0.5) is 0 Å². The summed E-state index contributed by atoms with van der Waals surface area (Å²) in [5, 5.41) is 0.658. The highest BCUT2D eigenvalue weighted by Crippen LogP contribution is 2.28. The topological polar surface area (TPSA) is 20.3 Å². The summed E-state index contributed by atoms with van der Waals surface area (Å²) in [5.74, 6) is 0.549. The van der Waals surface area contributed by atoms with Gasteiger partial charge in [0.1, 0.15) is 0 Å². The molecule has 1 saturated heterocycles. The molecule has 20 heavy (non-hydrogen) atoms. The lowest BCUT2D eigenvalue weighted by atomic mass is 9.99. The predicted molar refractivity (Wildman–Crippen MR) is 81.2 cm³/mol. The fraction of sp³-hybridized carbons (Fsp3) is 0.235. The van der Waals surface area contributed by atoms with Crippen LogP contribution in [0, 0.1) is 0 Å². The standard InChI is InChI=1S/C17H16ClNO/c18-16-8-6-14(7-9-16)17(20)19-11-10-15(12-19)13-4-2-1-3-5-13/h1-9,15H,10-12H2/t15-/m1/s1. The highest BCUT2D eigenvalue weighted by atomic mass is 35.5. The summed E-state index contributed by atoms with van der Waals surface area (Å²) in [5.41, 5.74) is 2.03. The van der Waals surface area contributed by atoms with Gasteiger partial charge in [-0.05, 0) is 36.2 Å². The Kier molecular flexibility index (Phi) is 3.75. The first-order chi connectivity index (χ1) is 9.74. The Labute approximate surface area is 124 Å². The van der Waals surface area contributed by atoms with Gasteiger partial charge in [-0.2, -0.15) is 0 Å². The lowest BCUT2D eigenvalue weighted by Gasteiger charge is -2.17. The monoisotopic (exact) mass is 285 g/mol. The molecule has 3 rings (SSSR count). The Morgan fingerprint density at radius 2 is 1.75 bits per heavy atom. The zero-order chi connectivity index (χ0) is 13.9. The van der Waals surface area contributed by atoms with E-state index in [4.69, 9.17) is 11.6 Å². The van der Waals surface area contributed by atoms with Gasteiger partial charge in [-0.1, -0.05) is 41.9 Å². The van der Waals surface area contributed by atoms with E-state index in [9.17, 15) is 4.79 Å². The summed E-state index contributed by atoms with van der Waals surface area (Å²) in [4.78, 5) is 14.3. The summed E-state index contributed by atoms with van der Waals surface area (Å²) in [6, 6.07) is 17.5. The van der Waals surface area contributed by atoms with Crippen molar-refractivity contribution in [3.05, 3.63) is 70.7 Å². The van der Waals surface area contributed by atoms with Crippen LogP contribution in [0.15, 0.2) is 54.6 Å². The van der Waals surface area contributed by atoms with Crippen LogP contribution in [0.25, 0.3) is 0 Å². The van der Waals surface area contributed by atoms with Gasteiger partial charge < -0.3 is 4.90 Å². The smallest absolute Gasteiger partial charge is 0.253 e. The maximum atomic E-state index is 12.4. The predicted octanol–water partition coefficient (Wildman–Crippen LogP) is 3.97. The van der Waals surface area contributed by atoms with E-state index in [0.717, 1.165) is 19.5 Å². The van der Waals surface area contributed by atoms with E-state index in [1.54, 1.807) is 24.3 Å². The minimum atomic E-state index is 0.0973. The number of hydrogen-bond acceptors (Lipinski definition) is 1. The van der Waals surface area contributed by atoms with Crippen molar-refractivity contribution < 1.29 is 4.79 Å². The number of amides is 1. The maximum Gasteiger partial charge on any atom is 0.253 e. The molecule has 0 spiro atoms. The zero-order valence-corrected chi connectivity index (χ0v) is 11.9. The fourth-order valence-corrected chi connectivity index (χ4v) is 2.84. The van der Waals surface area contributed by atoms with Crippen molar-refractivity contribution in [1.82, 2.24) is 4.90 Å². The van der Waals surface area contributed by atoms with E-state index >= 15 is 0 Å². The Morgan fingerprint density at radius 1 is 1.05 bits per heavy atom. The first kappa shape index (κ1) is 13.2. The van der Waals surface area contributed by atoms with Crippen molar-refractivity contribution in [2.75, 3.05) is 13.1 Å². The van der Waals surface area contributed by atoms with Crippen LogP contribution in [0.5, 0.6) is 0 Å². The van der Waals surface area contributed by atoms with Gasteiger partial charge in [0.25, 0.3) is 5.91 Å². The molecule has 2 aromatic rings. The molecule has 2 aromatic carbocycles. The first-order valence-electron chi connectivity index (χ1n) is 6.84. The van der Waals surface area contributed by atoms with Gasteiger partial charge in [-0.3, -0.25) is 4.79 Å². The number of carbonyl (C=O) groups excluding carboxylic acids is 1. The van der Waals surface area contributed by atoms with Crippen LogP contribution in [0.3, 0.4) is 0 Å². The van der Waals surface area contributed by atoms with E-state index in [1.165, 1.54) is 5.56 Å². The minimum absolute atomic E-state index is 0.0973. The number of hydrogen-bond donors (Lipinski definition) is 0. The zero-order valence-electron chi connectivity index (χ0n) is 11.1. The van der Waals surface area contributed by atoms with Gasteiger partial charge >= 0.3 is 0 Å². The van der Waals surface area contributed by atoms with Crippen LogP contribution in [0.2, 0.25) is 5.02 Å². The Morgan fingerprint density at radius 3 is 2.45 bits per heavy atom. The van der Waals surface area contributed by atoms with Crippen molar-refractivity contribution in [3.8, 4) is 0 Å². The van der Waals surface area contributed by atoms with Crippen molar-refractivity contribution in [2.24, 2.45) is 0 Å².